The topological polar surface area (TPSA) is 97.0 Å². The Hall–Kier alpha value is -3.78. The van der Waals surface area contributed by atoms with Crippen molar-refractivity contribution in [2.75, 3.05) is 6.54 Å². The van der Waals surface area contributed by atoms with Crippen LogP contribution in [-0.4, -0.2) is 32.0 Å². The molecule has 3 heterocycles. The minimum Gasteiger partial charge on any atom is -0.290 e. The summed E-state index contributed by atoms with van der Waals surface area (Å²) in [5, 5.41) is 1.16. The van der Waals surface area contributed by atoms with E-state index in [1.807, 2.05) is 6.07 Å². The van der Waals surface area contributed by atoms with Crippen molar-refractivity contribution < 1.29 is 9.18 Å². The van der Waals surface area contributed by atoms with Crippen molar-refractivity contribution >= 4 is 17.1 Å². The minimum atomic E-state index is -0.322. The zero-order valence-electron chi connectivity index (χ0n) is 15.9. The average Bonchev–Trinajstić information content (AvgIpc) is 3.08. The highest BCUT2D eigenvalue weighted by Gasteiger charge is 2.31. The molecule has 1 unspecified atom stereocenters. The molecule has 1 atom stereocenters. The molecule has 1 aliphatic rings. The molecule has 150 valence electrons. The van der Waals surface area contributed by atoms with Gasteiger partial charge in [0.15, 0.2) is 5.65 Å². The molecule has 0 aliphatic carbocycles. The van der Waals surface area contributed by atoms with Crippen LogP contribution in [0.2, 0.25) is 0 Å². The Labute approximate surface area is 170 Å². The highest BCUT2D eigenvalue weighted by Crippen LogP contribution is 2.32. The van der Waals surface area contributed by atoms with Gasteiger partial charge in [-0.1, -0.05) is 18.2 Å². The molecule has 0 radical (unpaired) electrons. The van der Waals surface area contributed by atoms with Gasteiger partial charge in [0.05, 0.1) is 11.2 Å². The maximum atomic E-state index is 14.3. The van der Waals surface area contributed by atoms with E-state index in [9.17, 15) is 14.0 Å². The van der Waals surface area contributed by atoms with Crippen LogP contribution in [0.1, 0.15) is 27.4 Å². The van der Waals surface area contributed by atoms with E-state index in [1.165, 1.54) is 10.6 Å². The van der Waals surface area contributed by atoms with Crippen LogP contribution in [0.4, 0.5) is 4.39 Å². The van der Waals surface area contributed by atoms with E-state index < -0.39 is 0 Å². The van der Waals surface area contributed by atoms with Crippen LogP contribution < -0.4 is 11.5 Å². The summed E-state index contributed by atoms with van der Waals surface area (Å²) >= 11 is 0. The number of nitrogens with one attached hydrogen (secondary N) is 1. The summed E-state index contributed by atoms with van der Waals surface area (Å²) in [5.41, 5.74) is 3.15. The second kappa shape index (κ2) is 6.93. The van der Waals surface area contributed by atoms with Gasteiger partial charge in [-0.05, 0) is 53.9 Å². The van der Waals surface area contributed by atoms with Crippen molar-refractivity contribution in [1.29, 1.82) is 0 Å². The number of rotatable bonds is 3. The van der Waals surface area contributed by atoms with Crippen molar-refractivity contribution in [3.8, 4) is 5.69 Å². The van der Waals surface area contributed by atoms with Crippen molar-refractivity contribution in [2.45, 2.75) is 12.3 Å². The number of benzene rings is 2. The number of carbonyl (C=O) groups is 1. The third kappa shape index (κ3) is 2.89. The highest BCUT2D eigenvalue weighted by atomic mass is 19.1. The average molecular weight is 403 g/mol. The van der Waals surface area contributed by atoms with E-state index in [2.05, 4.69) is 9.97 Å². The summed E-state index contributed by atoms with van der Waals surface area (Å²) < 4.78 is 15.8. The van der Waals surface area contributed by atoms with Crippen LogP contribution in [0.25, 0.3) is 16.9 Å². The maximum Gasteiger partial charge on any atom is 0.332 e. The molecule has 0 spiro atoms. The number of carbonyl (C=O) groups excluding carboxylic acids is 1. The Kier molecular flexibility index (Phi) is 4.22. The Balaban J connectivity index is 1.65. The predicted octanol–water partition coefficient (Wildman–Crippen LogP) is 2.51. The van der Waals surface area contributed by atoms with Crippen molar-refractivity contribution in [1.82, 2.24) is 19.5 Å². The number of fused-ring (bicyclic) bond motifs is 2. The fourth-order valence-corrected chi connectivity index (χ4v) is 4.10. The van der Waals surface area contributed by atoms with Gasteiger partial charge < -0.3 is 0 Å². The lowest BCUT2D eigenvalue weighted by atomic mass is 9.85. The number of nitrogens with zero attached hydrogens (tertiary/aromatic N) is 3. The first-order chi connectivity index (χ1) is 14.5. The molecular weight excluding hydrogens is 385 g/mol. The van der Waals surface area contributed by atoms with Gasteiger partial charge in [0, 0.05) is 24.2 Å². The summed E-state index contributed by atoms with van der Waals surface area (Å²) in [6.45, 7) is 0.258. The van der Waals surface area contributed by atoms with E-state index in [4.69, 9.17) is 5.84 Å². The number of amides is 1. The van der Waals surface area contributed by atoms with Crippen molar-refractivity contribution in [3.05, 3.63) is 93.8 Å². The predicted molar refractivity (Wildman–Crippen MR) is 110 cm³/mol. The number of aromatic amines is 1. The molecule has 0 saturated carbocycles. The zero-order chi connectivity index (χ0) is 20.8. The zero-order valence-corrected chi connectivity index (χ0v) is 15.9. The van der Waals surface area contributed by atoms with Gasteiger partial charge in [0.2, 0.25) is 0 Å². The summed E-state index contributed by atoms with van der Waals surface area (Å²) in [4.78, 5) is 32.1. The molecule has 5 rings (SSSR count). The molecule has 30 heavy (non-hydrogen) atoms. The molecule has 0 saturated heterocycles. The number of imidazole rings is 1. The molecule has 2 aromatic carbocycles. The number of nitrogens with two attached hydrogens (primary N) is 1. The summed E-state index contributed by atoms with van der Waals surface area (Å²) in [6.07, 6.45) is 1.99. The summed E-state index contributed by atoms with van der Waals surface area (Å²) in [5.74, 6) is 5.12. The lowest BCUT2D eigenvalue weighted by Gasteiger charge is -2.32. The highest BCUT2D eigenvalue weighted by molar-refractivity contribution is 5.97. The van der Waals surface area contributed by atoms with E-state index in [0.717, 1.165) is 10.6 Å². The number of aromatic nitrogens is 3. The molecule has 1 aliphatic heterocycles. The first-order valence-corrected chi connectivity index (χ1v) is 9.53. The Bertz CT molecular complexity index is 1340. The first-order valence-electron chi connectivity index (χ1n) is 9.53. The Morgan fingerprint density at radius 2 is 1.97 bits per heavy atom. The van der Waals surface area contributed by atoms with Crippen LogP contribution in [0, 0.1) is 5.82 Å². The fourth-order valence-electron chi connectivity index (χ4n) is 4.10. The molecule has 0 bridgehead atoms. The van der Waals surface area contributed by atoms with Gasteiger partial charge in [-0.3, -0.25) is 19.4 Å². The Morgan fingerprint density at radius 3 is 2.80 bits per heavy atom. The normalized spacial score (nSPS) is 16.1. The number of hydrazine groups is 1. The second-order valence-corrected chi connectivity index (χ2v) is 7.36. The maximum absolute atomic E-state index is 14.3. The smallest absolute Gasteiger partial charge is 0.290 e. The van der Waals surface area contributed by atoms with Crippen molar-refractivity contribution in [3.63, 3.8) is 0 Å². The molecule has 7 nitrogen and oxygen atoms in total. The molecule has 4 aromatic rings. The van der Waals surface area contributed by atoms with Crippen LogP contribution in [0.15, 0.2) is 65.6 Å². The number of hydrogen-bond acceptors (Lipinski definition) is 4. The molecule has 0 fully saturated rings. The van der Waals surface area contributed by atoms with Gasteiger partial charge in [-0.2, -0.15) is 0 Å². The van der Waals surface area contributed by atoms with E-state index >= 15 is 0 Å². The van der Waals surface area contributed by atoms with E-state index in [-0.39, 0.29) is 29.9 Å². The lowest BCUT2D eigenvalue weighted by Crippen LogP contribution is -2.45. The first kappa shape index (κ1) is 18.3. The lowest BCUT2D eigenvalue weighted by molar-refractivity contribution is 0.0720. The minimum absolute atomic E-state index is 0.210. The van der Waals surface area contributed by atoms with Gasteiger partial charge >= 0.3 is 5.69 Å². The standard InChI is InChI=1S/C22H18FN5O2/c23-18-5-2-1-4-13(18)10-14-12-27(24)21(29)16-8-7-15(11-17(14)16)28-19-6-3-9-25-20(19)26-22(28)30/h1-9,11,14H,10,12,24H2,(H,25,26,30). The van der Waals surface area contributed by atoms with Crippen LogP contribution in [0.5, 0.6) is 0 Å². The molecule has 8 heteroatoms. The number of H-pyrrole nitrogens is 1. The van der Waals surface area contributed by atoms with Crippen LogP contribution >= 0.6 is 0 Å². The van der Waals surface area contributed by atoms with Gasteiger partial charge in [0.1, 0.15) is 5.82 Å². The van der Waals surface area contributed by atoms with Crippen LogP contribution in [-0.2, 0) is 6.42 Å². The summed E-state index contributed by atoms with van der Waals surface area (Å²) in [7, 11) is 0. The monoisotopic (exact) mass is 403 g/mol. The molecule has 2 aromatic heterocycles. The van der Waals surface area contributed by atoms with Gasteiger partial charge in [-0.15, -0.1) is 0 Å². The van der Waals surface area contributed by atoms with Crippen LogP contribution in [0.3, 0.4) is 0 Å². The van der Waals surface area contributed by atoms with E-state index in [1.54, 1.807) is 48.7 Å². The largest absolute Gasteiger partial charge is 0.332 e. The Morgan fingerprint density at radius 1 is 1.13 bits per heavy atom. The second-order valence-electron chi connectivity index (χ2n) is 7.36. The third-order valence-electron chi connectivity index (χ3n) is 5.52. The number of halogens is 1. The van der Waals surface area contributed by atoms with Crippen molar-refractivity contribution in [2.24, 2.45) is 5.84 Å². The molecule has 3 N–H and O–H groups in total. The molecular formula is C22H18FN5O2. The number of pyridine rings is 1. The summed E-state index contributed by atoms with van der Waals surface area (Å²) in [6, 6.07) is 15.3. The fraction of sp³-hybridized carbons (Fsp3) is 0.136. The van der Waals surface area contributed by atoms with Gasteiger partial charge in [-0.25, -0.2) is 20.0 Å². The molecule has 1 amide bonds. The quantitative estimate of drug-likeness (QED) is 0.406. The van der Waals surface area contributed by atoms with Gasteiger partial charge in [0.25, 0.3) is 5.91 Å². The number of hydrogen-bond donors (Lipinski definition) is 2. The SMILES string of the molecule is NN1CC(Cc2ccccc2F)c2cc(-n3c(=O)[nH]c4ncccc43)ccc2C1=O. The van der Waals surface area contributed by atoms with E-state index in [0.29, 0.717) is 34.4 Å². The third-order valence-corrected chi connectivity index (χ3v) is 5.52.